The van der Waals surface area contributed by atoms with Gasteiger partial charge in [-0.25, -0.2) is 4.79 Å². The van der Waals surface area contributed by atoms with Crippen LogP contribution in [0.3, 0.4) is 0 Å². The molecule has 0 atom stereocenters. The number of hydroxylamine groups is 2. The van der Waals surface area contributed by atoms with Gasteiger partial charge in [0.25, 0.3) is 11.8 Å². The van der Waals surface area contributed by atoms with E-state index in [0.717, 1.165) is 11.1 Å². The highest BCUT2D eigenvalue weighted by atomic mass is 16.7. The Balaban J connectivity index is 1.74. The first kappa shape index (κ1) is 21.8. The quantitative estimate of drug-likeness (QED) is 0.510. The first-order chi connectivity index (χ1) is 14.9. The van der Waals surface area contributed by atoms with Crippen molar-refractivity contribution in [2.45, 2.75) is 39.2 Å². The summed E-state index contributed by atoms with van der Waals surface area (Å²) < 4.78 is 0. The van der Waals surface area contributed by atoms with E-state index < -0.39 is 17.8 Å². The Labute approximate surface area is 180 Å². The highest BCUT2D eigenvalue weighted by molar-refractivity contribution is 6.02. The number of amides is 3. The second-order valence-corrected chi connectivity index (χ2v) is 7.11. The SMILES string of the molecule is C#Cc1ccccc1CN(C(=O)CCC(=O)ON1C(=O)CCC1=O)c1ccccc1C. The summed E-state index contributed by atoms with van der Waals surface area (Å²) in [5.41, 5.74) is 3.08. The number of anilines is 1. The Hall–Kier alpha value is -3.92. The fourth-order valence-electron chi connectivity index (χ4n) is 3.29. The number of carbonyl (C=O) groups is 4. The minimum Gasteiger partial charge on any atom is -0.330 e. The molecule has 0 bridgehead atoms. The molecular formula is C24H22N2O5. The van der Waals surface area contributed by atoms with E-state index in [4.69, 9.17) is 11.3 Å². The molecule has 31 heavy (non-hydrogen) atoms. The summed E-state index contributed by atoms with van der Waals surface area (Å²) in [5.74, 6) is 0.385. The Kier molecular flexibility index (Phi) is 6.83. The summed E-state index contributed by atoms with van der Waals surface area (Å²) in [6.45, 7) is 2.13. The largest absolute Gasteiger partial charge is 0.333 e. The van der Waals surface area contributed by atoms with Gasteiger partial charge in [-0.2, -0.15) is 0 Å². The average Bonchev–Trinajstić information content (AvgIpc) is 3.08. The number of terminal acetylenes is 1. The van der Waals surface area contributed by atoms with Crippen LogP contribution in [0.4, 0.5) is 5.69 Å². The van der Waals surface area contributed by atoms with Crippen LogP contribution in [0, 0.1) is 19.3 Å². The molecular weight excluding hydrogens is 396 g/mol. The third-order valence-electron chi connectivity index (χ3n) is 4.95. The van der Waals surface area contributed by atoms with Gasteiger partial charge in [-0.3, -0.25) is 14.4 Å². The molecule has 1 aliphatic heterocycles. The van der Waals surface area contributed by atoms with Crippen molar-refractivity contribution in [3.8, 4) is 12.3 Å². The Morgan fingerprint density at radius 3 is 2.35 bits per heavy atom. The van der Waals surface area contributed by atoms with Gasteiger partial charge in [0, 0.05) is 30.5 Å². The Morgan fingerprint density at radius 2 is 1.68 bits per heavy atom. The highest BCUT2D eigenvalue weighted by Gasteiger charge is 2.33. The van der Waals surface area contributed by atoms with Gasteiger partial charge in [0.1, 0.15) is 0 Å². The lowest BCUT2D eigenvalue weighted by atomic mass is 10.1. The molecule has 7 nitrogen and oxygen atoms in total. The molecule has 1 heterocycles. The summed E-state index contributed by atoms with van der Waals surface area (Å²) in [7, 11) is 0. The molecule has 3 amide bonds. The van der Waals surface area contributed by atoms with E-state index in [1.165, 1.54) is 0 Å². The fraction of sp³-hybridized carbons (Fsp3) is 0.250. The molecule has 0 aliphatic carbocycles. The number of imide groups is 1. The summed E-state index contributed by atoms with van der Waals surface area (Å²) in [6.07, 6.45) is 5.20. The lowest BCUT2D eigenvalue weighted by molar-refractivity contribution is -0.197. The van der Waals surface area contributed by atoms with Gasteiger partial charge in [-0.15, -0.1) is 11.5 Å². The zero-order chi connectivity index (χ0) is 22.4. The van der Waals surface area contributed by atoms with Crippen LogP contribution in [-0.4, -0.2) is 28.8 Å². The molecule has 2 aromatic rings. The second kappa shape index (κ2) is 9.72. The van der Waals surface area contributed by atoms with Gasteiger partial charge in [0.05, 0.1) is 13.0 Å². The normalized spacial score (nSPS) is 13.1. The molecule has 0 unspecified atom stereocenters. The van der Waals surface area contributed by atoms with Crippen LogP contribution in [0.5, 0.6) is 0 Å². The fourth-order valence-corrected chi connectivity index (χ4v) is 3.29. The van der Waals surface area contributed by atoms with E-state index in [9.17, 15) is 19.2 Å². The van der Waals surface area contributed by atoms with Crippen LogP contribution in [0.2, 0.25) is 0 Å². The van der Waals surface area contributed by atoms with Crippen molar-refractivity contribution in [3.63, 3.8) is 0 Å². The van der Waals surface area contributed by atoms with Gasteiger partial charge < -0.3 is 9.74 Å². The summed E-state index contributed by atoms with van der Waals surface area (Å²) >= 11 is 0. The van der Waals surface area contributed by atoms with Crippen molar-refractivity contribution in [2.24, 2.45) is 0 Å². The van der Waals surface area contributed by atoms with E-state index in [1.807, 2.05) is 49.4 Å². The van der Waals surface area contributed by atoms with Crippen molar-refractivity contribution in [1.29, 1.82) is 0 Å². The monoisotopic (exact) mass is 418 g/mol. The first-order valence-corrected chi connectivity index (χ1v) is 9.87. The number of hydrogen-bond donors (Lipinski definition) is 0. The van der Waals surface area contributed by atoms with E-state index >= 15 is 0 Å². The molecule has 0 spiro atoms. The Bertz CT molecular complexity index is 1050. The van der Waals surface area contributed by atoms with Crippen LogP contribution in [-0.2, 0) is 30.6 Å². The van der Waals surface area contributed by atoms with Gasteiger partial charge in [-0.1, -0.05) is 42.3 Å². The van der Waals surface area contributed by atoms with Crippen LogP contribution in [0.1, 0.15) is 42.4 Å². The molecule has 1 fully saturated rings. The smallest absolute Gasteiger partial charge is 0.330 e. The van der Waals surface area contributed by atoms with Crippen molar-refractivity contribution in [2.75, 3.05) is 4.90 Å². The second-order valence-electron chi connectivity index (χ2n) is 7.11. The third-order valence-corrected chi connectivity index (χ3v) is 4.95. The molecule has 0 radical (unpaired) electrons. The molecule has 1 saturated heterocycles. The van der Waals surface area contributed by atoms with Crippen LogP contribution in [0.15, 0.2) is 48.5 Å². The summed E-state index contributed by atoms with van der Waals surface area (Å²) in [4.78, 5) is 54.8. The van der Waals surface area contributed by atoms with Gasteiger partial charge >= 0.3 is 5.97 Å². The maximum atomic E-state index is 13.1. The van der Waals surface area contributed by atoms with E-state index in [0.29, 0.717) is 16.3 Å². The number of para-hydroxylation sites is 1. The number of benzene rings is 2. The maximum absolute atomic E-state index is 13.1. The minimum absolute atomic E-state index is 0.0146. The van der Waals surface area contributed by atoms with E-state index in [1.54, 1.807) is 11.0 Å². The van der Waals surface area contributed by atoms with Crippen molar-refractivity contribution in [1.82, 2.24) is 5.06 Å². The molecule has 7 heteroatoms. The molecule has 3 rings (SSSR count). The number of hydrogen-bond acceptors (Lipinski definition) is 5. The predicted octanol–water partition coefficient (Wildman–Crippen LogP) is 2.90. The molecule has 1 aliphatic rings. The van der Waals surface area contributed by atoms with Gasteiger partial charge in [-0.05, 0) is 30.2 Å². The van der Waals surface area contributed by atoms with Crippen molar-refractivity contribution >= 4 is 29.4 Å². The standard InChI is InChI=1S/C24H22N2O5/c1-3-18-9-5-6-10-19(18)16-25(20-11-7-4-8-17(20)2)21(27)14-15-24(30)31-26-22(28)12-13-23(26)29/h1,4-11H,12-16H2,2H3. The number of rotatable bonds is 7. The van der Waals surface area contributed by atoms with Crippen LogP contribution >= 0.6 is 0 Å². The molecule has 158 valence electrons. The summed E-state index contributed by atoms with van der Waals surface area (Å²) in [5, 5.41) is 0.481. The van der Waals surface area contributed by atoms with Crippen LogP contribution in [0.25, 0.3) is 0 Å². The minimum atomic E-state index is -0.814. The van der Waals surface area contributed by atoms with Crippen molar-refractivity contribution < 1.29 is 24.0 Å². The molecule has 2 aromatic carbocycles. The van der Waals surface area contributed by atoms with E-state index in [-0.39, 0.29) is 38.1 Å². The third kappa shape index (κ3) is 5.17. The van der Waals surface area contributed by atoms with Crippen LogP contribution < -0.4 is 4.90 Å². The predicted molar refractivity (Wildman–Crippen MR) is 113 cm³/mol. The number of aryl methyl sites for hydroxylation is 1. The molecule has 0 N–H and O–H groups in total. The zero-order valence-corrected chi connectivity index (χ0v) is 17.2. The number of nitrogens with zero attached hydrogens (tertiary/aromatic N) is 2. The Morgan fingerprint density at radius 1 is 1.03 bits per heavy atom. The lowest BCUT2D eigenvalue weighted by Crippen LogP contribution is -2.34. The first-order valence-electron chi connectivity index (χ1n) is 9.87. The average molecular weight is 418 g/mol. The van der Waals surface area contributed by atoms with Gasteiger partial charge in [0.2, 0.25) is 5.91 Å². The summed E-state index contributed by atoms with van der Waals surface area (Å²) in [6, 6.07) is 14.7. The maximum Gasteiger partial charge on any atom is 0.333 e. The molecule has 0 aromatic heterocycles. The van der Waals surface area contributed by atoms with E-state index in [2.05, 4.69) is 5.92 Å². The zero-order valence-electron chi connectivity index (χ0n) is 17.2. The lowest BCUT2D eigenvalue weighted by Gasteiger charge is -2.25. The topological polar surface area (TPSA) is 84.0 Å². The number of carbonyl (C=O) groups excluding carboxylic acids is 4. The van der Waals surface area contributed by atoms with Gasteiger partial charge in [0.15, 0.2) is 0 Å². The molecule has 0 saturated carbocycles. The highest BCUT2D eigenvalue weighted by Crippen LogP contribution is 2.24. The van der Waals surface area contributed by atoms with Crippen molar-refractivity contribution in [3.05, 3.63) is 65.2 Å².